The lowest BCUT2D eigenvalue weighted by atomic mass is 10.2. The lowest BCUT2D eigenvalue weighted by Crippen LogP contribution is -2.31. The Morgan fingerprint density at radius 2 is 2.30 bits per heavy atom. The zero-order valence-corrected chi connectivity index (χ0v) is 13.6. The van der Waals surface area contributed by atoms with E-state index in [4.69, 9.17) is 4.42 Å². The second-order valence-electron chi connectivity index (χ2n) is 4.51. The standard InChI is InChI=1S/C14H15BrN2O2S/c1-9(2)17-13(18)8-20-14-16-7-12(19-14)10-4-3-5-11(15)6-10/h3-7,9H,8H2,1-2H3,(H,17,18). The summed E-state index contributed by atoms with van der Waals surface area (Å²) in [6.07, 6.45) is 1.67. The van der Waals surface area contributed by atoms with Crippen molar-refractivity contribution < 1.29 is 9.21 Å². The number of rotatable bonds is 5. The molecule has 6 heteroatoms. The first kappa shape index (κ1) is 15.1. The summed E-state index contributed by atoms with van der Waals surface area (Å²) in [7, 11) is 0. The summed E-state index contributed by atoms with van der Waals surface area (Å²) in [4.78, 5) is 15.7. The maximum atomic E-state index is 11.5. The van der Waals surface area contributed by atoms with Gasteiger partial charge in [0.1, 0.15) is 0 Å². The number of thioether (sulfide) groups is 1. The van der Waals surface area contributed by atoms with Crippen molar-refractivity contribution in [1.82, 2.24) is 10.3 Å². The first-order valence-corrected chi connectivity index (χ1v) is 7.96. The van der Waals surface area contributed by atoms with Crippen LogP contribution in [0, 0.1) is 0 Å². The second-order valence-corrected chi connectivity index (χ2v) is 6.35. The topological polar surface area (TPSA) is 55.1 Å². The van der Waals surface area contributed by atoms with Crippen LogP contribution in [0.4, 0.5) is 0 Å². The van der Waals surface area contributed by atoms with Gasteiger partial charge in [-0.2, -0.15) is 0 Å². The Hall–Kier alpha value is -1.27. The molecule has 0 radical (unpaired) electrons. The first-order chi connectivity index (χ1) is 9.54. The molecule has 0 atom stereocenters. The van der Waals surface area contributed by atoms with E-state index in [1.54, 1.807) is 6.20 Å². The van der Waals surface area contributed by atoms with Crippen molar-refractivity contribution in [1.29, 1.82) is 0 Å². The van der Waals surface area contributed by atoms with Crippen molar-refractivity contribution in [2.75, 3.05) is 5.75 Å². The fraction of sp³-hybridized carbons (Fsp3) is 0.286. The zero-order chi connectivity index (χ0) is 14.5. The molecular formula is C14H15BrN2O2S. The molecule has 0 aliphatic carbocycles. The van der Waals surface area contributed by atoms with Gasteiger partial charge < -0.3 is 9.73 Å². The molecule has 0 aliphatic heterocycles. The summed E-state index contributed by atoms with van der Waals surface area (Å²) in [5.74, 6) is 0.974. The smallest absolute Gasteiger partial charge is 0.256 e. The molecule has 2 aromatic rings. The molecule has 0 unspecified atom stereocenters. The van der Waals surface area contributed by atoms with Crippen molar-refractivity contribution in [2.24, 2.45) is 0 Å². The molecule has 1 aromatic heterocycles. The molecule has 2 rings (SSSR count). The molecule has 0 fully saturated rings. The first-order valence-electron chi connectivity index (χ1n) is 6.18. The molecule has 1 heterocycles. The third-order valence-corrected chi connectivity index (χ3v) is 3.71. The largest absolute Gasteiger partial charge is 0.431 e. The lowest BCUT2D eigenvalue weighted by Gasteiger charge is -2.06. The number of benzene rings is 1. The highest BCUT2D eigenvalue weighted by Crippen LogP contribution is 2.27. The van der Waals surface area contributed by atoms with E-state index in [2.05, 4.69) is 26.2 Å². The normalized spacial score (nSPS) is 10.8. The van der Waals surface area contributed by atoms with Gasteiger partial charge in [-0.3, -0.25) is 4.79 Å². The molecule has 0 aliphatic rings. The summed E-state index contributed by atoms with van der Waals surface area (Å²) < 4.78 is 6.61. The minimum atomic E-state index is -0.0211. The van der Waals surface area contributed by atoms with Crippen molar-refractivity contribution in [2.45, 2.75) is 25.1 Å². The number of hydrogen-bond acceptors (Lipinski definition) is 4. The quantitative estimate of drug-likeness (QED) is 0.831. The van der Waals surface area contributed by atoms with Crippen LogP contribution in [0.5, 0.6) is 0 Å². The molecule has 0 spiro atoms. The average molecular weight is 355 g/mol. The molecule has 1 aromatic carbocycles. The highest BCUT2D eigenvalue weighted by molar-refractivity contribution is 9.10. The molecule has 106 valence electrons. The maximum Gasteiger partial charge on any atom is 0.256 e. The van der Waals surface area contributed by atoms with Crippen LogP contribution < -0.4 is 5.32 Å². The predicted molar refractivity (Wildman–Crippen MR) is 83.6 cm³/mol. The Morgan fingerprint density at radius 1 is 1.50 bits per heavy atom. The number of carbonyl (C=O) groups is 1. The number of oxazole rings is 1. The number of halogens is 1. The van der Waals surface area contributed by atoms with Crippen molar-refractivity contribution in [3.63, 3.8) is 0 Å². The predicted octanol–water partition coefficient (Wildman–Crippen LogP) is 3.72. The second kappa shape index (κ2) is 6.95. The van der Waals surface area contributed by atoms with Gasteiger partial charge in [-0.1, -0.05) is 39.8 Å². The molecule has 1 amide bonds. The Morgan fingerprint density at radius 3 is 3.00 bits per heavy atom. The zero-order valence-electron chi connectivity index (χ0n) is 11.2. The molecule has 1 N–H and O–H groups in total. The fourth-order valence-corrected chi connectivity index (χ4v) is 2.60. The number of hydrogen-bond donors (Lipinski definition) is 1. The van der Waals surface area contributed by atoms with Crippen LogP contribution >= 0.6 is 27.7 Å². The van der Waals surface area contributed by atoms with Gasteiger partial charge in [0.25, 0.3) is 5.22 Å². The van der Waals surface area contributed by atoms with Gasteiger partial charge in [0.2, 0.25) is 5.91 Å². The fourth-order valence-electron chi connectivity index (χ4n) is 1.59. The van der Waals surface area contributed by atoms with Crippen LogP contribution in [0.15, 0.2) is 44.6 Å². The summed E-state index contributed by atoms with van der Waals surface area (Å²) >= 11 is 4.71. The van der Waals surface area contributed by atoms with Gasteiger partial charge in [0, 0.05) is 16.1 Å². The Labute approximate surface area is 130 Å². The van der Waals surface area contributed by atoms with Crippen LogP contribution in [-0.4, -0.2) is 22.7 Å². The van der Waals surface area contributed by atoms with Gasteiger partial charge in [0.05, 0.1) is 11.9 Å². The molecule has 20 heavy (non-hydrogen) atoms. The molecule has 0 bridgehead atoms. The maximum absolute atomic E-state index is 11.5. The number of carbonyl (C=O) groups excluding carboxylic acids is 1. The molecule has 4 nitrogen and oxygen atoms in total. The Kier molecular flexibility index (Phi) is 5.25. The minimum absolute atomic E-state index is 0.0211. The summed E-state index contributed by atoms with van der Waals surface area (Å²) in [6, 6.07) is 7.94. The summed E-state index contributed by atoms with van der Waals surface area (Å²) in [5.41, 5.74) is 0.949. The van der Waals surface area contributed by atoms with Crippen LogP contribution in [0.3, 0.4) is 0 Å². The van der Waals surface area contributed by atoms with Crippen LogP contribution in [-0.2, 0) is 4.79 Å². The monoisotopic (exact) mass is 354 g/mol. The van der Waals surface area contributed by atoms with Gasteiger partial charge in [-0.25, -0.2) is 4.98 Å². The third kappa shape index (κ3) is 4.38. The van der Waals surface area contributed by atoms with E-state index in [1.807, 2.05) is 38.1 Å². The highest BCUT2D eigenvalue weighted by atomic mass is 79.9. The third-order valence-electron chi connectivity index (χ3n) is 2.37. The number of aromatic nitrogens is 1. The number of amides is 1. The number of nitrogens with one attached hydrogen (secondary N) is 1. The van der Waals surface area contributed by atoms with Crippen molar-refractivity contribution >= 4 is 33.6 Å². The van der Waals surface area contributed by atoms with E-state index in [0.29, 0.717) is 16.7 Å². The van der Waals surface area contributed by atoms with Crippen LogP contribution in [0.25, 0.3) is 11.3 Å². The average Bonchev–Trinajstić information content (AvgIpc) is 2.84. The Bertz CT molecular complexity index is 598. The van der Waals surface area contributed by atoms with E-state index in [1.165, 1.54) is 11.8 Å². The molecule has 0 saturated carbocycles. The van der Waals surface area contributed by atoms with Crippen LogP contribution in [0.1, 0.15) is 13.8 Å². The summed E-state index contributed by atoms with van der Waals surface area (Å²) in [6.45, 7) is 3.86. The van der Waals surface area contributed by atoms with Gasteiger partial charge in [-0.05, 0) is 26.0 Å². The van der Waals surface area contributed by atoms with Gasteiger partial charge in [-0.15, -0.1) is 0 Å². The Balaban J connectivity index is 1.97. The van der Waals surface area contributed by atoms with Crippen LogP contribution in [0.2, 0.25) is 0 Å². The van der Waals surface area contributed by atoms with E-state index in [-0.39, 0.29) is 11.9 Å². The van der Waals surface area contributed by atoms with Gasteiger partial charge >= 0.3 is 0 Å². The van der Waals surface area contributed by atoms with Crippen molar-refractivity contribution in [3.8, 4) is 11.3 Å². The number of nitrogens with zero attached hydrogens (tertiary/aromatic N) is 1. The minimum Gasteiger partial charge on any atom is -0.431 e. The highest BCUT2D eigenvalue weighted by Gasteiger charge is 2.10. The van der Waals surface area contributed by atoms with E-state index < -0.39 is 0 Å². The summed E-state index contributed by atoms with van der Waals surface area (Å²) in [5, 5.41) is 3.32. The molecule has 0 saturated heterocycles. The van der Waals surface area contributed by atoms with E-state index in [9.17, 15) is 4.79 Å². The van der Waals surface area contributed by atoms with Gasteiger partial charge in [0.15, 0.2) is 5.76 Å². The SMILES string of the molecule is CC(C)NC(=O)CSc1ncc(-c2cccc(Br)c2)o1. The van der Waals surface area contributed by atoms with E-state index in [0.717, 1.165) is 10.0 Å². The van der Waals surface area contributed by atoms with Crippen molar-refractivity contribution in [3.05, 3.63) is 34.9 Å². The lowest BCUT2D eigenvalue weighted by molar-refractivity contribution is -0.119. The molecular weight excluding hydrogens is 340 g/mol. The van der Waals surface area contributed by atoms with E-state index >= 15 is 0 Å².